The van der Waals surface area contributed by atoms with Crippen molar-refractivity contribution < 1.29 is 19.0 Å². The summed E-state index contributed by atoms with van der Waals surface area (Å²) in [5.74, 6) is -0.0919. The van der Waals surface area contributed by atoms with Gasteiger partial charge in [0, 0.05) is 18.0 Å². The Labute approximate surface area is 191 Å². The number of carbonyl (C=O) groups is 1. The number of rotatable bonds is 12. The Hall–Kier alpha value is -2.31. The second-order valence-corrected chi connectivity index (χ2v) is 8.90. The first-order chi connectivity index (χ1) is 15.5. The highest BCUT2D eigenvalue weighted by molar-refractivity contribution is 5.77. The number of ether oxygens (including phenoxy) is 3. The van der Waals surface area contributed by atoms with Gasteiger partial charge in [-0.1, -0.05) is 51.9 Å². The van der Waals surface area contributed by atoms with Crippen LogP contribution in [-0.2, 0) is 20.7 Å². The van der Waals surface area contributed by atoms with Crippen LogP contribution < -0.4 is 4.74 Å². The summed E-state index contributed by atoms with van der Waals surface area (Å²) in [5, 5.41) is 0. The molecule has 1 aliphatic heterocycles. The van der Waals surface area contributed by atoms with Crippen molar-refractivity contribution in [1.82, 2.24) is 9.97 Å². The van der Waals surface area contributed by atoms with E-state index < -0.39 is 17.9 Å². The van der Waals surface area contributed by atoms with Crippen LogP contribution in [0.3, 0.4) is 0 Å². The van der Waals surface area contributed by atoms with Gasteiger partial charge in [0.15, 0.2) is 17.7 Å². The first kappa shape index (κ1) is 24.3. The lowest BCUT2D eigenvalue weighted by Crippen LogP contribution is -2.30. The maximum atomic E-state index is 12.2. The Kier molecular flexibility index (Phi) is 9.18. The van der Waals surface area contributed by atoms with Crippen molar-refractivity contribution in [2.24, 2.45) is 0 Å². The lowest BCUT2D eigenvalue weighted by atomic mass is 10.1. The van der Waals surface area contributed by atoms with E-state index in [9.17, 15) is 4.79 Å². The average molecular weight is 441 g/mol. The van der Waals surface area contributed by atoms with Crippen LogP contribution in [0, 0.1) is 0 Å². The Morgan fingerprint density at radius 1 is 1.00 bits per heavy atom. The van der Waals surface area contributed by atoms with E-state index in [0.29, 0.717) is 11.6 Å². The maximum absolute atomic E-state index is 12.2. The monoisotopic (exact) mass is 440 g/mol. The predicted octanol–water partition coefficient (Wildman–Crippen LogP) is 5.88. The molecule has 2 aromatic rings. The molecule has 1 aromatic carbocycles. The normalized spacial score (nSPS) is 17.4. The molecule has 1 aromatic heterocycles. The molecule has 0 radical (unpaired) electrons. The second-order valence-electron chi connectivity index (χ2n) is 8.90. The fraction of sp³-hybridized carbons (Fsp3) is 0.577. The minimum atomic E-state index is -0.759. The van der Waals surface area contributed by atoms with Crippen LogP contribution in [0.2, 0.25) is 0 Å². The number of hydrogen-bond acceptors (Lipinski definition) is 6. The number of benzene rings is 1. The fourth-order valence-electron chi connectivity index (χ4n) is 3.75. The van der Waals surface area contributed by atoms with E-state index in [2.05, 4.69) is 16.9 Å². The van der Waals surface area contributed by atoms with Crippen molar-refractivity contribution in [2.75, 3.05) is 6.61 Å². The van der Waals surface area contributed by atoms with Gasteiger partial charge >= 0.3 is 5.97 Å². The number of hydrogen-bond donors (Lipinski definition) is 0. The zero-order valence-corrected chi connectivity index (χ0v) is 19.6. The summed E-state index contributed by atoms with van der Waals surface area (Å²) >= 11 is 0. The molecule has 174 valence electrons. The number of aromatic nitrogens is 2. The first-order valence-corrected chi connectivity index (χ1v) is 11.9. The first-order valence-electron chi connectivity index (χ1n) is 11.9. The number of esters is 1. The molecule has 6 nitrogen and oxygen atoms in total. The van der Waals surface area contributed by atoms with Crippen LogP contribution in [0.25, 0.3) is 11.4 Å². The molecule has 1 aliphatic rings. The molecule has 1 atom stereocenters. The standard InChI is InChI=1S/C26H36N2O4/c1-4-5-6-7-8-9-10-11-12-20-17-27-24(28-18-20)21-13-15-22(16-14-21)31-25(29)23-19-30-26(2,3)32-23/h13-18,23H,4-12,19H2,1-3H3. The van der Waals surface area contributed by atoms with Crippen molar-refractivity contribution in [2.45, 2.75) is 90.4 Å². The number of aryl methyl sites for hydroxylation is 1. The molecule has 2 heterocycles. The second kappa shape index (κ2) is 12.1. The molecule has 0 bridgehead atoms. The zero-order valence-electron chi connectivity index (χ0n) is 19.6. The summed E-state index contributed by atoms with van der Waals surface area (Å²) in [6.45, 7) is 6.00. The van der Waals surface area contributed by atoms with Gasteiger partial charge in [0.2, 0.25) is 0 Å². The summed E-state index contributed by atoms with van der Waals surface area (Å²) in [6, 6.07) is 7.19. The summed E-state index contributed by atoms with van der Waals surface area (Å²) in [7, 11) is 0. The smallest absolute Gasteiger partial charge is 0.343 e. The van der Waals surface area contributed by atoms with Gasteiger partial charge in [0.25, 0.3) is 0 Å². The van der Waals surface area contributed by atoms with Crippen molar-refractivity contribution in [1.29, 1.82) is 0 Å². The highest BCUT2D eigenvalue weighted by Gasteiger charge is 2.38. The summed E-state index contributed by atoms with van der Waals surface area (Å²) < 4.78 is 16.4. The van der Waals surface area contributed by atoms with Gasteiger partial charge in [-0.05, 0) is 56.5 Å². The van der Waals surface area contributed by atoms with Gasteiger partial charge in [-0.3, -0.25) is 0 Å². The van der Waals surface area contributed by atoms with E-state index in [1.165, 1.54) is 56.9 Å². The zero-order chi connectivity index (χ0) is 22.8. The predicted molar refractivity (Wildman–Crippen MR) is 124 cm³/mol. The van der Waals surface area contributed by atoms with E-state index >= 15 is 0 Å². The fourth-order valence-corrected chi connectivity index (χ4v) is 3.75. The van der Waals surface area contributed by atoms with Crippen LogP contribution in [0.4, 0.5) is 0 Å². The van der Waals surface area contributed by atoms with Gasteiger partial charge in [0.05, 0.1) is 6.61 Å². The van der Waals surface area contributed by atoms with E-state index in [-0.39, 0.29) is 6.61 Å². The molecule has 0 amide bonds. The molecule has 1 unspecified atom stereocenters. The molecule has 6 heteroatoms. The Balaban J connectivity index is 1.41. The lowest BCUT2D eigenvalue weighted by Gasteiger charge is -2.16. The van der Waals surface area contributed by atoms with Crippen molar-refractivity contribution >= 4 is 5.97 Å². The van der Waals surface area contributed by atoms with Gasteiger partial charge in [-0.25, -0.2) is 14.8 Å². The molecule has 32 heavy (non-hydrogen) atoms. The van der Waals surface area contributed by atoms with E-state index in [4.69, 9.17) is 14.2 Å². The van der Waals surface area contributed by atoms with Crippen molar-refractivity contribution in [3.05, 3.63) is 42.2 Å². The van der Waals surface area contributed by atoms with Gasteiger partial charge in [0.1, 0.15) is 5.75 Å². The molecule has 0 aliphatic carbocycles. The molecular formula is C26H36N2O4. The lowest BCUT2D eigenvalue weighted by molar-refractivity contribution is -0.162. The Bertz CT molecular complexity index is 834. The van der Waals surface area contributed by atoms with E-state index in [0.717, 1.165) is 12.0 Å². The number of unbranched alkanes of at least 4 members (excludes halogenated alkanes) is 7. The van der Waals surface area contributed by atoms with Crippen molar-refractivity contribution in [3.8, 4) is 17.1 Å². The summed E-state index contributed by atoms with van der Waals surface area (Å²) in [5.41, 5.74) is 2.05. The van der Waals surface area contributed by atoms with Crippen LogP contribution in [0.5, 0.6) is 5.75 Å². The Morgan fingerprint density at radius 2 is 1.62 bits per heavy atom. The SMILES string of the molecule is CCCCCCCCCCc1cnc(-c2ccc(OC(=O)C3COC(C)(C)O3)cc2)nc1. The molecular weight excluding hydrogens is 404 g/mol. The Morgan fingerprint density at radius 3 is 2.22 bits per heavy atom. The quantitative estimate of drug-likeness (QED) is 0.233. The van der Waals surface area contributed by atoms with Gasteiger partial charge < -0.3 is 14.2 Å². The molecule has 1 fully saturated rings. The molecule has 0 N–H and O–H groups in total. The average Bonchev–Trinajstić information content (AvgIpc) is 3.16. The van der Waals surface area contributed by atoms with Crippen LogP contribution in [-0.4, -0.2) is 34.4 Å². The van der Waals surface area contributed by atoms with Crippen LogP contribution in [0.1, 0.15) is 77.7 Å². The maximum Gasteiger partial charge on any atom is 0.343 e. The van der Waals surface area contributed by atoms with Gasteiger partial charge in [-0.2, -0.15) is 0 Å². The molecule has 0 saturated carbocycles. The largest absolute Gasteiger partial charge is 0.425 e. The third-order valence-corrected chi connectivity index (χ3v) is 5.63. The highest BCUT2D eigenvalue weighted by Crippen LogP contribution is 2.25. The van der Waals surface area contributed by atoms with E-state index in [1.54, 1.807) is 26.0 Å². The molecule has 3 rings (SSSR count). The van der Waals surface area contributed by atoms with Crippen LogP contribution in [0.15, 0.2) is 36.7 Å². The molecule has 0 spiro atoms. The number of carbonyl (C=O) groups excluding carboxylic acids is 1. The summed E-state index contributed by atoms with van der Waals surface area (Å²) in [6.07, 6.45) is 14.7. The minimum Gasteiger partial charge on any atom is -0.425 e. The van der Waals surface area contributed by atoms with Crippen LogP contribution >= 0.6 is 0 Å². The van der Waals surface area contributed by atoms with Gasteiger partial charge in [-0.15, -0.1) is 0 Å². The number of nitrogens with zero attached hydrogens (tertiary/aromatic N) is 2. The van der Waals surface area contributed by atoms with Crippen molar-refractivity contribution in [3.63, 3.8) is 0 Å². The molecule has 1 saturated heterocycles. The topological polar surface area (TPSA) is 70.5 Å². The third kappa shape index (κ3) is 7.68. The van der Waals surface area contributed by atoms with E-state index in [1.807, 2.05) is 24.5 Å². The summed E-state index contributed by atoms with van der Waals surface area (Å²) in [4.78, 5) is 21.3. The minimum absolute atomic E-state index is 0.197. The highest BCUT2D eigenvalue weighted by atomic mass is 16.8. The third-order valence-electron chi connectivity index (χ3n) is 5.63.